The Balaban J connectivity index is 2.16. The predicted octanol–water partition coefficient (Wildman–Crippen LogP) is 2.31. The highest BCUT2D eigenvalue weighted by molar-refractivity contribution is 7.98. The number of anilines is 2. The smallest absolute Gasteiger partial charge is 0.141 e. The van der Waals surface area contributed by atoms with Gasteiger partial charge in [0.2, 0.25) is 0 Å². The van der Waals surface area contributed by atoms with Crippen molar-refractivity contribution in [1.29, 1.82) is 0 Å². The van der Waals surface area contributed by atoms with E-state index in [1.54, 1.807) is 6.20 Å². The minimum absolute atomic E-state index is 0.687. The molecular formula is C11H20N4S. The van der Waals surface area contributed by atoms with Gasteiger partial charge in [0, 0.05) is 24.5 Å². The van der Waals surface area contributed by atoms with Gasteiger partial charge < -0.3 is 10.7 Å². The fourth-order valence-electron chi connectivity index (χ4n) is 1.40. The summed E-state index contributed by atoms with van der Waals surface area (Å²) in [5.74, 6) is 7.23. The van der Waals surface area contributed by atoms with Crippen LogP contribution in [0.5, 0.6) is 0 Å². The first-order chi connectivity index (χ1) is 7.86. The van der Waals surface area contributed by atoms with Crippen LogP contribution in [0.3, 0.4) is 0 Å². The zero-order chi connectivity index (χ0) is 11.6. The third kappa shape index (κ3) is 5.23. The van der Waals surface area contributed by atoms with E-state index < -0.39 is 0 Å². The number of nitrogens with two attached hydrogens (primary N) is 1. The molecule has 0 spiro atoms. The van der Waals surface area contributed by atoms with E-state index in [1.165, 1.54) is 25.0 Å². The maximum Gasteiger partial charge on any atom is 0.141 e. The second kappa shape index (κ2) is 8.24. The molecule has 1 heterocycles. The highest BCUT2D eigenvalue weighted by Gasteiger charge is 1.94. The van der Waals surface area contributed by atoms with Crippen LogP contribution >= 0.6 is 11.8 Å². The first-order valence-electron chi connectivity index (χ1n) is 5.52. The lowest BCUT2D eigenvalue weighted by molar-refractivity contribution is 0.750. The molecule has 0 aliphatic heterocycles. The monoisotopic (exact) mass is 240 g/mol. The Bertz CT molecular complexity index is 293. The molecule has 0 amide bonds. The van der Waals surface area contributed by atoms with Crippen molar-refractivity contribution in [2.45, 2.75) is 19.3 Å². The summed E-state index contributed by atoms with van der Waals surface area (Å²) in [7, 11) is 0. The molecule has 5 heteroatoms. The Hall–Kier alpha value is -0.940. The number of nitrogens with zero attached hydrogens (tertiary/aromatic N) is 1. The van der Waals surface area contributed by atoms with E-state index in [0.29, 0.717) is 5.82 Å². The van der Waals surface area contributed by atoms with Gasteiger partial charge in [-0.05, 0) is 30.9 Å². The zero-order valence-electron chi connectivity index (χ0n) is 9.70. The third-order valence-corrected chi connectivity index (χ3v) is 2.96. The first-order valence-corrected chi connectivity index (χ1v) is 6.91. The average Bonchev–Trinajstić information content (AvgIpc) is 2.34. The minimum Gasteiger partial charge on any atom is -0.385 e. The van der Waals surface area contributed by atoms with Crippen molar-refractivity contribution in [2.75, 3.05) is 29.3 Å². The standard InChI is InChI=1S/C11H20N4S/c1-16-8-4-2-3-6-13-10-5-7-14-11(9-10)15-12/h5,7,9H,2-4,6,8,12H2,1H3,(H2,13,14,15). The van der Waals surface area contributed by atoms with Gasteiger partial charge in [-0.3, -0.25) is 0 Å². The number of rotatable bonds is 8. The number of aromatic nitrogens is 1. The van der Waals surface area contributed by atoms with Gasteiger partial charge in [0.15, 0.2) is 0 Å². The quantitative estimate of drug-likeness (QED) is 0.370. The van der Waals surface area contributed by atoms with Gasteiger partial charge in [-0.15, -0.1) is 0 Å². The van der Waals surface area contributed by atoms with Crippen molar-refractivity contribution in [3.05, 3.63) is 18.3 Å². The van der Waals surface area contributed by atoms with E-state index in [-0.39, 0.29) is 0 Å². The van der Waals surface area contributed by atoms with E-state index in [0.717, 1.165) is 12.2 Å². The van der Waals surface area contributed by atoms with Crippen LogP contribution in [0.25, 0.3) is 0 Å². The van der Waals surface area contributed by atoms with Crippen LogP contribution in [0.2, 0.25) is 0 Å². The van der Waals surface area contributed by atoms with Gasteiger partial charge >= 0.3 is 0 Å². The second-order valence-electron chi connectivity index (χ2n) is 3.55. The fraction of sp³-hybridized carbons (Fsp3) is 0.545. The summed E-state index contributed by atoms with van der Waals surface area (Å²) in [5, 5.41) is 3.35. The van der Waals surface area contributed by atoms with Gasteiger partial charge in [-0.2, -0.15) is 11.8 Å². The molecule has 0 bridgehead atoms. The van der Waals surface area contributed by atoms with E-state index in [2.05, 4.69) is 22.0 Å². The van der Waals surface area contributed by atoms with Crippen LogP contribution in [0.15, 0.2) is 18.3 Å². The molecule has 0 aliphatic carbocycles. The molecule has 0 unspecified atom stereocenters. The van der Waals surface area contributed by atoms with Gasteiger partial charge in [0.05, 0.1) is 0 Å². The van der Waals surface area contributed by atoms with Crippen molar-refractivity contribution in [3.63, 3.8) is 0 Å². The van der Waals surface area contributed by atoms with Gasteiger partial charge in [-0.1, -0.05) is 6.42 Å². The molecule has 0 saturated carbocycles. The molecule has 0 radical (unpaired) electrons. The molecule has 90 valence electrons. The molecule has 4 N–H and O–H groups in total. The molecule has 1 rings (SSSR count). The van der Waals surface area contributed by atoms with Gasteiger partial charge in [0.1, 0.15) is 5.82 Å². The lowest BCUT2D eigenvalue weighted by atomic mass is 10.2. The first kappa shape index (κ1) is 13.1. The number of unbranched alkanes of at least 4 members (excludes halogenated alkanes) is 2. The van der Waals surface area contributed by atoms with Crippen molar-refractivity contribution in [3.8, 4) is 0 Å². The van der Waals surface area contributed by atoms with Crippen molar-refractivity contribution in [1.82, 2.24) is 4.98 Å². The van der Waals surface area contributed by atoms with Crippen molar-refractivity contribution < 1.29 is 0 Å². The molecule has 0 aliphatic rings. The fourth-order valence-corrected chi connectivity index (χ4v) is 1.89. The Morgan fingerprint density at radius 3 is 3.00 bits per heavy atom. The largest absolute Gasteiger partial charge is 0.385 e. The van der Waals surface area contributed by atoms with E-state index >= 15 is 0 Å². The summed E-state index contributed by atoms with van der Waals surface area (Å²) in [5.41, 5.74) is 3.59. The van der Waals surface area contributed by atoms with Crippen LogP contribution in [0.4, 0.5) is 11.5 Å². The van der Waals surface area contributed by atoms with Crippen LogP contribution in [-0.2, 0) is 0 Å². The molecule has 0 fully saturated rings. The molecule has 16 heavy (non-hydrogen) atoms. The molecule has 0 aromatic carbocycles. The molecule has 0 saturated heterocycles. The number of nitrogen functional groups attached to an aromatic ring is 1. The summed E-state index contributed by atoms with van der Waals surface area (Å²) < 4.78 is 0. The predicted molar refractivity (Wildman–Crippen MR) is 72.8 cm³/mol. The Morgan fingerprint density at radius 1 is 1.38 bits per heavy atom. The number of hydrazine groups is 1. The average molecular weight is 240 g/mol. The van der Waals surface area contributed by atoms with E-state index in [1.807, 2.05) is 23.9 Å². The van der Waals surface area contributed by atoms with Gasteiger partial charge in [0.25, 0.3) is 0 Å². The molecular weight excluding hydrogens is 220 g/mol. The molecule has 1 aromatic heterocycles. The Morgan fingerprint density at radius 2 is 2.25 bits per heavy atom. The van der Waals surface area contributed by atoms with Crippen LogP contribution in [0.1, 0.15) is 19.3 Å². The molecule has 4 nitrogen and oxygen atoms in total. The lowest BCUT2D eigenvalue weighted by Crippen LogP contribution is -2.09. The summed E-state index contributed by atoms with van der Waals surface area (Å²) in [6, 6.07) is 3.85. The number of pyridine rings is 1. The number of thioether (sulfide) groups is 1. The lowest BCUT2D eigenvalue weighted by Gasteiger charge is -2.07. The van der Waals surface area contributed by atoms with Crippen LogP contribution in [0, 0.1) is 0 Å². The zero-order valence-corrected chi connectivity index (χ0v) is 10.5. The highest BCUT2D eigenvalue weighted by atomic mass is 32.2. The van der Waals surface area contributed by atoms with Crippen molar-refractivity contribution >= 4 is 23.3 Å². The Kier molecular flexibility index (Phi) is 6.76. The highest BCUT2D eigenvalue weighted by Crippen LogP contribution is 2.11. The molecule has 0 atom stereocenters. The number of hydrogen-bond donors (Lipinski definition) is 3. The topological polar surface area (TPSA) is 63.0 Å². The van der Waals surface area contributed by atoms with Crippen LogP contribution < -0.4 is 16.6 Å². The maximum absolute atomic E-state index is 5.29. The van der Waals surface area contributed by atoms with Gasteiger partial charge in [-0.25, -0.2) is 10.8 Å². The summed E-state index contributed by atoms with van der Waals surface area (Å²) >= 11 is 1.91. The summed E-state index contributed by atoms with van der Waals surface area (Å²) in [4.78, 5) is 4.05. The Labute approximate surface area is 101 Å². The number of hydrogen-bond acceptors (Lipinski definition) is 5. The number of nitrogens with one attached hydrogen (secondary N) is 2. The van der Waals surface area contributed by atoms with E-state index in [4.69, 9.17) is 5.84 Å². The minimum atomic E-state index is 0.687. The normalized spacial score (nSPS) is 10.1. The maximum atomic E-state index is 5.29. The van der Waals surface area contributed by atoms with E-state index in [9.17, 15) is 0 Å². The second-order valence-corrected chi connectivity index (χ2v) is 4.54. The summed E-state index contributed by atoms with van der Waals surface area (Å²) in [6.07, 6.45) is 7.67. The third-order valence-electron chi connectivity index (χ3n) is 2.26. The SMILES string of the molecule is CSCCCCCNc1ccnc(NN)c1. The molecule has 1 aromatic rings. The van der Waals surface area contributed by atoms with Crippen LogP contribution in [-0.4, -0.2) is 23.5 Å². The van der Waals surface area contributed by atoms with Crippen molar-refractivity contribution in [2.24, 2.45) is 5.84 Å². The summed E-state index contributed by atoms with van der Waals surface area (Å²) in [6.45, 7) is 1.00.